The molecule has 0 unspecified atom stereocenters. The van der Waals surface area contributed by atoms with E-state index in [2.05, 4.69) is 13.8 Å². The molecule has 0 aliphatic carbocycles. The van der Waals surface area contributed by atoms with E-state index >= 15 is 0 Å². The molecule has 0 N–H and O–H groups in total. The van der Waals surface area contributed by atoms with Crippen LogP contribution in [-0.2, 0) is 0 Å². The first-order chi connectivity index (χ1) is 8.39. The largest absolute Gasteiger partial charge is 0.338 e. The van der Waals surface area contributed by atoms with Crippen LogP contribution in [0.15, 0.2) is 18.2 Å². The van der Waals surface area contributed by atoms with Gasteiger partial charge in [0.25, 0.3) is 5.91 Å². The van der Waals surface area contributed by atoms with Gasteiger partial charge in [-0.3, -0.25) is 4.79 Å². The van der Waals surface area contributed by atoms with Crippen molar-refractivity contribution in [2.45, 2.75) is 33.6 Å². The molecule has 0 aromatic heterocycles. The fourth-order valence-electron chi connectivity index (χ4n) is 2.56. The SMILES string of the molecule is Cc1cc(C(=O)N2CCCC(C)(C)C2)ccc1F. The van der Waals surface area contributed by atoms with Gasteiger partial charge in [-0.25, -0.2) is 4.39 Å². The number of likely N-dealkylation sites (tertiary alicyclic amines) is 1. The predicted molar refractivity (Wildman–Crippen MR) is 70.1 cm³/mol. The first kappa shape index (κ1) is 13.1. The van der Waals surface area contributed by atoms with Crippen molar-refractivity contribution in [2.75, 3.05) is 13.1 Å². The highest BCUT2D eigenvalue weighted by Gasteiger charge is 2.29. The molecule has 1 aliphatic rings. The Morgan fingerprint density at radius 1 is 1.39 bits per heavy atom. The summed E-state index contributed by atoms with van der Waals surface area (Å²) in [6.07, 6.45) is 2.19. The van der Waals surface area contributed by atoms with Crippen molar-refractivity contribution in [1.82, 2.24) is 4.90 Å². The van der Waals surface area contributed by atoms with Crippen molar-refractivity contribution in [3.05, 3.63) is 35.1 Å². The molecule has 0 saturated carbocycles. The number of aryl methyl sites for hydroxylation is 1. The van der Waals surface area contributed by atoms with Crippen LogP contribution in [0.4, 0.5) is 4.39 Å². The van der Waals surface area contributed by atoms with Crippen molar-refractivity contribution in [2.24, 2.45) is 5.41 Å². The van der Waals surface area contributed by atoms with Crippen LogP contribution in [0.2, 0.25) is 0 Å². The first-order valence-corrected chi connectivity index (χ1v) is 6.44. The number of benzene rings is 1. The van der Waals surface area contributed by atoms with Crippen LogP contribution in [0.5, 0.6) is 0 Å². The van der Waals surface area contributed by atoms with Crippen LogP contribution in [-0.4, -0.2) is 23.9 Å². The van der Waals surface area contributed by atoms with Gasteiger partial charge in [-0.15, -0.1) is 0 Å². The summed E-state index contributed by atoms with van der Waals surface area (Å²) in [7, 11) is 0. The van der Waals surface area contributed by atoms with Crippen LogP contribution in [0.3, 0.4) is 0 Å². The van der Waals surface area contributed by atoms with Crippen molar-refractivity contribution in [3.8, 4) is 0 Å². The fourth-order valence-corrected chi connectivity index (χ4v) is 2.56. The second-order valence-electron chi connectivity index (χ2n) is 5.96. The lowest BCUT2D eigenvalue weighted by molar-refractivity contribution is 0.0583. The third-order valence-corrected chi connectivity index (χ3v) is 3.59. The third kappa shape index (κ3) is 2.71. The molecule has 98 valence electrons. The van der Waals surface area contributed by atoms with E-state index < -0.39 is 0 Å². The van der Waals surface area contributed by atoms with Crippen molar-refractivity contribution < 1.29 is 9.18 Å². The lowest BCUT2D eigenvalue weighted by atomic mass is 9.84. The summed E-state index contributed by atoms with van der Waals surface area (Å²) in [4.78, 5) is 14.2. The molecule has 0 radical (unpaired) electrons. The highest BCUT2D eigenvalue weighted by Crippen LogP contribution is 2.29. The monoisotopic (exact) mass is 249 g/mol. The molecule has 0 spiro atoms. The summed E-state index contributed by atoms with van der Waals surface area (Å²) in [5, 5.41) is 0. The minimum atomic E-state index is -0.259. The molecule has 18 heavy (non-hydrogen) atoms. The van der Waals surface area contributed by atoms with Crippen molar-refractivity contribution in [1.29, 1.82) is 0 Å². The molecule has 2 rings (SSSR count). The second-order valence-corrected chi connectivity index (χ2v) is 5.96. The van der Waals surface area contributed by atoms with Gasteiger partial charge >= 0.3 is 0 Å². The molecule has 1 aliphatic heterocycles. The fraction of sp³-hybridized carbons (Fsp3) is 0.533. The number of nitrogens with zero attached hydrogens (tertiary/aromatic N) is 1. The molecular weight excluding hydrogens is 229 g/mol. The predicted octanol–water partition coefficient (Wildman–Crippen LogP) is 3.40. The zero-order chi connectivity index (χ0) is 13.3. The van der Waals surface area contributed by atoms with E-state index in [4.69, 9.17) is 0 Å². The minimum absolute atomic E-state index is 0.0193. The Balaban J connectivity index is 2.18. The van der Waals surface area contributed by atoms with E-state index in [9.17, 15) is 9.18 Å². The van der Waals surface area contributed by atoms with E-state index in [0.29, 0.717) is 11.1 Å². The number of halogens is 1. The molecule has 1 heterocycles. The highest BCUT2D eigenvalue weighted by atomic mass is 19.1. The van der Waals surface area contributed by atoms with Gasteiger partial charge in [0.1, 0.15) is 5.82 Å². The van der Waals surface area contributed by atoms with Crippen LogP contribution in [0.1, 0.15) is 42.6 Å². The molecule has 1 aromatic carbocycles. The number of hydrogen-bond donors (Lipinski definition) is 0. The standard InChI is InChI=1S/C15H20FNO/c1-11-9-12(5-6-13(11)16)14(18)17-8-4-7-15(2,3)10-17/h5-6,9H,4,7-8,10H2,1-3H3. The van der Waals surface area contributed by atoms with E-state index in [1.54, 1.807) is 19.1 Å². The van der Waals surface area contributed by atoms with Crippen LogP contribution < -0.4 is 0 Å². The first-order valence-electron chi connectivity index (χ1n) is 6.44. The smallest absolute Gasteiger partial charge is 0.253 e. The number of hydrogen-bond acceptors (Lipinski definition) is 1. The maximum atomic E-state index is 13.2. The Bertz CT molecular complexity index is 468. The Labute approximate surface area is 108 Å². The van der Waals surface area contributed by atoms with Gasteiger partial charge < -0.3 is 4.90 Å². The lowest BCUT2D eigenvalue weighted by Crippen LogP contribution is -2.43. The van der Waals surface area contributed by atoms with Crippen LogP contribution in [0.25, 0.3) is 0 Å². The molecule has 1 amide bonds. The summed E-state index contributed by atoms with van der Waals surface area (Å²) in [5.41, 5.74) is 1.30. The Kier molecular flexibility index (Phi) is 3.42. The summed E-state index contributed by atoms with van der Waals surface area (Å²) in [5.74, 6) is -0.239. The second kappa shape index (κ2) is 4.71. The van der Waals surface area contributed by atoms with Gasteiger partial charge in [-0.1, -0.05) is 13.8 Å². The molecular formula is C15H20FNO. The lowest BCUT2D eigenvalue weighted by Gasteiger charge is -2.38. The summed E-state index contributed by atoms with van der Waals surface area (Å²) in [6, 6.07) is 4.59. The number of amides is 1. The number of piperidine rings is 1. The minimum Gasteiger partial charge on any atom is -0.338 e. The van der Waals surface area contributed by atoms with Gasteiger partial charge in [0.15, 0.2) is 0 Å². The topological polar surface area (TPSA) is 20.3 Å². The highest BCUT2D eigenvalue weighted by molar-refractivity contribution is 5.94. The summed E-state index contributed by atoms with van der Waals surface area (Å²) < 4.78 is 13.2. The number of rotatable bonds is 1. The Hall–Kier alpha value is -1.38. The maximum absolute atomic E-state index is 13.2. The molecule has 3 heteroatoms. The molecule has 1 aromatic rings. The van der Waals surface area contributed by atoms with Crippen LogP contribution >= 0.6 is 0 Å². The maximum Gasteiger partial charge on any atom is 0.253 e. The quantitative estimate of drug-likeness (QED) is 0.747. The van der Waals surface area contributed by atoms with Crippen molar-refractivity contribution in [3.63, 3.8) is 0 Å². The van der Waals surface area contributed by atoms with Crippen molar-refractivity contribution >= 4 is 5.91 Å². The number of carbonyl (C=O) groups is 1. The number of carbonyl (C=O) groups excluding carboxylic acids is 1. The van der Waals surface area contributed by atoms with Gasteiger partial charge in [0.2, 0.25) is 0 Å². The zero-order valence-electron chi connectivity index (χ0n) is 11.3. The molecule has 2 nitrogen and oxygen atoms in total. The van der Waals surface area contributed by atoms with E-state index in [1.807, 2.05) is 4.90 Å². The van der Waals surface area contributed by atoms with Gasteiger partial charge in [-0.05, 0) is 48.9 Å². The van der Waals surface area contributed by atoms with Gasteiger partial charge in [0.05, 0.1) is 0 Å². The third-order valence-electron chi connectivity index (χ3n) is 3.59. The normalized spacial score (nSPS) is 18.8. The van der Waals surface area contributed by atoms with E-state index in [1.165, 1.54) is 6.07 Å². The average Bonchev–Trinajstić information content (AvgIpc) is 2.30. The average molecular weight is 249 g/mol. The Morgan fingerprint density at radius 2 is 2.11 bits per heavy atom. The van der Waals surface area contributed by atoms with E-state index in [-0.39, 0.29) is 17.1 Å². The van der Waals surface area contributed by atoms with E-state index in [0.717, 1.165) is 25.9 Å². The summed E-state index contributed by atoms with van der Waals surface area (Å²) in [6.45, 7) is 7.64. The summed E-state index contributed by atoms with van der Waals surface area (Å²) >= 11 is 0. The van der Waals surface area contributed by atoms with Gasteiger partial charge in [0, 0.05) is 18.7 Å². The Morgan fingerprint density at radius 3 is 2.72 bits per heavy atom. The van der Waals surface area contributed by atoms with Gasteiger partial charge in [-0.2, -0.15) is 0 Å². The molecule has 1 saturated heterocycles. The van der Waals surface area contributed by atoms with Crippen LogP contribution in [0, 0.1) is 18.2 Å². The molecule has 1 fully saturated rings. The molecule has 0 bridgehead atoms. The zero-order valence-corrected chi connectivity index (χ0v) is 11.3. The molecule has 0 atom stereocenters.